The first kappa shape index (κ1) is 10.6. The van der Waals surface area contributed by atoms with E-state index in [1.165, 1.54) is 19.3 Å². The molecule has 1 aliphatic carbocycles. The van der Waals surface area contributed by atoms with Gasteiger partial charge in [0.1, 0.15) is 6.10 Å². The van der Waals surface area contributed by atoms with Gasteiger partial charge in [-0.3, -0.25) is 0 Å². The van der Waals surface area contributed by atoms with Crippen LogP contribution in [0.4, 0.5) is 5.69 Å². The Kier molecular flexibility index (Phi) is 2.75. The number of hydrogen-bond acceptors (Lipinski definition) is 2. The monoisotopic (exact) mass is 230 g/mol. The Morgan fingerprint density at radius 3 is 2.88 bits per heavy atom. The van der Waals surface area contributed by atoms with Crippen molar-refractivity contribution in [3.05, 3.63) is 30.3 Å². The maximum atomic E-state index is 6.00. The number of amidine groups is 1. The van der Waals surface area contributed by atoms with Crippen molar-refractivity contribution in [1.29, 1.82) is 0 Å². The minimum Gasteiger partial charge on any atom is -0.461 e. The quantitative estimate of drug-likeness (QED) is 0.741. The van der Waals surface area contributed by atoms with Gasteiger partial charge in [-0.2, -0.15) is 4.99 Å². The van der Waals surface area contributed by atoms with E-state index < -0.39 is 0 Å². The molecule has 90 valence electrons. The van der Waals surface area contributed by atoms with E-state index in [2.05, 4.69) is 16.9 Å². The van der Waals surface area contributed by atoms with Gasteiger partial charge in [-0.25, -0.2) is 0 Å². The molecule has 1 aliphatic heterocycles. The fourth-order valence-corrected chi connectivity index (χ4v) is 2.75. The lowest BCUT2D eigenvalue weighted by Crippen LogP contribution is -2.44. The van der Waals surface area contributed by atoms with Gasteiger partial charge in [0.25, 0.3) is 6.02 Å². The van der Waals surface area contributed by atoms with Gasteiger partial charge in [-0.05, 0) is 31.4 Å². The molecular formula is C14H18N2O. The summed E-state index contributed by atoms with van der Waals surface area (Å²) in [5.74, 6) is 0.703. The van der Waals surface area contributed by atoms with Crippen LogP contribution < -0.4 is 0 Å². The molecule has 1 aromatic rings. The van der Waals surface area contributed by atoms with E-state index in [9.17, 15) is 0 Å². The Labute approximate surface area is 102 Å². The molecule has 1 aromatic carbocycles. The topological polar surface area (TPSA) is 24.8 Å². The summed E-state index contributed by atoms with van der Waals surface area (Å²) in [5, 5.41) is 0. The van der Waals surface area contributed by atoms with Crippen molar-refractivity contribution >= 4 is 11.7 Å². The Balaban J connectivity index is 1.81. The standard InChI is InChI=1S/C14H18N2O/c1-16-10-11-6-5-9-13(11)17-14(16)15-12-7-3-2-4-8-12/h2-4,7-8,11,13H,5-6,9-10H2,1H3/t11-,13+/m1/s1. The largest absolute Gasteiger partial charge is 0.461 e. The summed E-state index contributed by atoms with van der Waals surface area (Å²) in [5.41, 5.74) is 0.964. The summed E-state index contributed by atoms with van der Waals surface area (Å²) < 4.78 is 6.00. The lowest BCUT2D eigenvalue weighted by Gasteiger charge is -2.35. The van der Waals surface area contributed by atoms with Crippen LogP contribution in [0.15, 0.2) is 35.3 Å². The van der Waals surface area contributed by atoms with E-state index in [1.807, 2.05) is 30.3 Å². The minimum atomic E-state index is 0.397. The van der Waals surface area contributed by atoms with Crippen LogP contribution >= 0.6 is 0 Å². The van der Waals surface area contributed by atoms with Crippen LogP contribution in [0.25, 0.3) is 0 Å². The Morgan fingerprint density at radius 2 is 2.06 bits per heavy atom. The van der Waals surface area contributed by atoms with E-state index in [-0.39, 0.29) is 0 Å². The van der Waals surface area contributed by atoms with Crippen LogP contribution in [0.5, 0.6) is 0 Å². The molecule has 0 N–H and O–H groups in total. The van der Waals surface area contributed by atoms with Gasteiger partial charge >= 0.3 is 0 Å². The average molecular weight is 230 g/mol. The number of aliphatic imine (C=N–C) groups is 1. The Bertz CT molecular complexity index is 415. The summed E-state index contributed by atoms with van der Waals surface area (Å²) in [6, 6.07) is 10.8. The van der Waals surface area contributed by atoms with Crippen LogP contribution in [0.1, 0.15) is 19.3 Å². The predicted molar refractivity (Wildman–Crippen MR) is 68.4 cm³/mol. The zero-order valence-corrected chi connectivity index (χ0v) is 10.2. The highest BCUT2D eigenvalue weighted by atomic mass is 16.5. The number of fused-ring (bicyclic) bond motifs is 1. The molecule has 1 saturated carbocycles. The molecule has 2 fully saturated rings. The zero-order valence-electron chi connectivity index (χ0n) is 10.2. The van der Waals surface area contributed by atoms with Crippen molar-refractivity contribution < 1.29 is 4.74 Å². The first-order valence-electron chi connectivity index (χ1n) is 6.34. The predicted octanol–water partition coefficient (Wildman–Crippen LogP) is 2.80. The molecule has 2 atom stereocenters. The third-order valence-electron chi connectivity index (χ3n) is 3.66. The van der Waals surface area contributed by atoms with Crippen molar-refractivity contribution in [2.24, 2.45) is 10.9 Å². The molecule has 2 aliphatic rings. The molecule has 3 heteroatoms. The first-order chi connectivity index (χ1) is 8.33. The van der Waals surface area contributed by atoms with Crippen molar-refractivity contribution in [2.75, 3.05) is 13.6 Å². The fraction of sp³-hybridized carbons (Fsp3) is 0.500. The maximum absolute atomic E-state index is 6.00. The molecule has 17 heavy (non-hydrogen) atoms. The fourth-order valence-electron chi connectivity index (χ4n) is 2.75. The van der Waals surface area contributed by atoms with Gasteiger partial charge in [0, 0.05) is 19.5 Å². The van der Waals surface area contributed by atoms with Crippen LogP contribution in [0, 0.1) is 5.92 Å². The summed E-state index contributed by atoms with van der Waals surface area (Å²) in [6.07, 6.45) is 4.18. The van der Waals surface area contributed by atoms with Crippen molar-refractivity contribution in [1.82, 2.24) is 4.90 Å². The summed E-state index contributed by atoms with van der Waals surface area (Å²) in [4.78, 5) is 6.72. The normalized spacial score (nSPS) is 30.2. The molecule has 1 saturated heterocycles. The second kappa shape index (κ2) is 4.40. The lowest BCUT2D eigenvalue weighted by atomic mass is 10.0. The highest BCUT2D eigenvalue weighted by Gasteiger charge is 2.36. The highest BCUT2D eigenvalue weighted by Crippen LogP contribution is 2.32. The van der Waals surface area contributed by atoms with Crippen LogP contribution in [0.2, 0.25) is 0 Å². The molecule has 3 nitrogen and oxygen atoms in total. The second-order valence-electron chi connectivity index (χ2n) is 4.96. The van der Waals surface area contributed by atoms with Gasteiger partial charge in [0.15, 0.2) is 0 Å². The van der Waals surface area contributed by atoms with E-state index in [0.29, 0.717) is 12.0 Å². The number of nitrogens with zero attached hydrogens (tertiary/aromatic N) is 2. The third kappa shape index (κ3) is 2.14. The van der Waals surface area contributed by atoms with E-state index in [1.54, 1.807) is 0 Å². The third-order valence-corrected chi connectivity index (χ3v) is 3.66. The second-order valence-corrected chi connectivity index (χ2v) is 4.96. The van der Waals surface area contributed by atoms with Crippen LogP contribution in [0.3, 0.4) is 0 Å². The molecule has 1 heterocycles. The number of rotatable bonds is 1. The van der Waals surface area contributed by atoms with Crippen LogP contribution in [-0.4, -0.2) is 30.6 Å². The molecule has 3 rings (SSSR count). The Hall–Kier alpha value is -1.51. The smallest absolute Gasteiger partial charge is 0.292 e. The van der Waals surface area contributed by atoms with Crippen LogP contribution in [-0.2, 0) is 4.74 Å². The van der Waals surface area contributed by atoms with Crippen molar-refractivity contribution in [3.63, 3.8) is 0 Å². The van der Waals surface area contributed by atoms with Gasteiger partial charge in [0.05, 0.1) is 5.69 Å². The number of hydrogen-bond donors (Lipinski definition) is 0. The summed E-state index contributed by atoms with van der Waals surface area (Å²) in [6.45, 7) is 1.08. The summed E-state index contributed by atoms with van der Waals surface area (Å²) in [7, 11) is 2.07. The lowest BCUT2D eigenvalue weighted by molar-refractivity contribution is 0.0689. The Morgan fingerprint density at radius 1 is 1.24 bits per heavy atom. The molecule has 0 aromatic heterocycles. The average Bonchev–Trinajstić information content (AvgIpc) is 2.78. The first-order valence-corrected chi connectivity index (χ1v) is 6.34. The zero-order chi connectivity index (χ0) is 11.7. The number of ether oxygens (including phenoxy) is 1. The molecule has 0 amide bonds. The van der Waals surface area contributed by atoms with Crippen molar-refractivity contribution in [2.45, 2.75) is 25.4 Å². The molecule has 0 bridgehead atoms. The van der Waals surface area contributed by atoms with E-state index in [0.717, 1.165) is 18.3 Å². The number of para-hydroxylation sites is 1. The molecule has 0 unspecified atom stereocenters. The molecular weight excluding hydrogens is 212 g/mol. The maximum Gasteiger partial charge on any atom is 0.292 e. The summed E-state index contributed by atoms with van der Waals surface area (Å²) >= 11 is 0. The molecule has 0 radical (unpaired) electrons. The van der Waals surface area contributed by atoms with E-state index in [4.69, 9.17) is 4.74 Å². The minimum absolute atomic E-state index is 0.397. The van der Waals surface area contributed by atoms with E-state index >= 15 is 0 Å². The molecule has 0 spiro atoms. The van der Waals surface area contributed by atoms with Gasteiger partial charge in [0.2, 0.25) is 0 Å². The van der Waals surface area contributed by atoms with Gasteiger partial charge in [-0.1, -0.05) is 18.2 Å². The SMILES string of the molecule is CN1C[C@H]2CCC[C@@H]2OC1=Nc1ccccc1. The van der Waals surface area contributed by atoms with Gasteiger partial charge in [-0.15, -0.1) is 0 Å². The van der Waals surface area contributed by atoms with Gasteiger partial charge < -0.3 is 9.64 Å². The van der Waals surface area contributed by atoms with Crippen molar-refractivity contribution in [3.8, 4) is 0 Å². The highest BCUT2D eigenvalue weighted by molar-refractivity contribution is 5.77. The number of benzene rings is 1.